The smallest absolute Gasteiger partial charge is 0.255 e. The Morgan fingerprint density at radius 3 is 2.47 bits per heavy atom. The number of carbonyl (C=O) groups is 3. The van der Waals surface area contributed by atoms with Crippen molar-refractivity contribution in [3.63, 3.8) is 0 Å². The summed E-state index contributed by atoms with van der Waals surface area (Å²) in [7, 11) is 0. The Balaban J connectivity index is 1.36. The van der Waals surface area contributed by atoms with E-state index in [0.717, 1.165) is 12.0 Å². The van der Waals surface area contributed by atoms with Gasteiger partial charge in [-0.2, -0.15) is 0 Å². The molecule has 2 aliphatic carbocycles. The highest BCUT2D eigenvalue weighted by Gasteiger charge is 2.60. The van der Waals surface area contributed by atoms with Crippen molar-refractivity contribution in [2.75, 3.05) is 10.2 Å². The molecular formula is C24H21ClN2O3. The maximum Gasteiger partial charge on any atom is 0.255 e. The third-order valence-corrected chi connectivity index (χ3v) is 6.95. The molecule has 2 aromatic carbocycles. The number of fused-ring (bicyclic) bond motifs is 5. The number of aryl methyl sites for hydroxylation is 1. The van der Waals surface area contributed by atoms with Crippen LogP contribution in [0.1, 0.15) is 29.3 Å². The summed E-state index contributed by atoms with van der Waals surface area (Å²) < 4.78 is 0. The molecular weight excluding hydrogens is 400 g/mol. The number of anilines is 2. The monoisotopic (exact) mass is 420 g/mol. The number of amides is 3. The van der Waals surface area contributed by atoms with Crippen LogP contribution in [-0.4, -0.2) is 17.7 Å². The minimum atomic E-state index is -0.277. The van der Waals surface area contributed by atoms with Gasteiger partial charge in [0.1, 0.15) is 0 Å². The molecule has 3 amide bonds. The number of nitrogens with zero attached hydrogens (tertiary/aromatic N) is 1. The molecule has 5 rings (SSSR count). The molecule has 0 unspecified atom stereocenters. The Labute approximate surface area is 179 Å². The average Bonchev–Trinajstić information content (AvgIpc) is 3.35. The fraction of sp³-hybridized carbons (Fsp3) is 0.292. The molecule has 2 aromatic rings. The number of allylic oxidation sites excluding steroid dienone is 2. The summed E-state index contributed by atoms with van der Waals surface area (Å²) in [4.78, 5) is 40.0. The topological polar surface area (TPSA) is 66.5 Å². The maximum atomic E-state index is 13.0. The Morgan fingerprint density at radius 1 is 1.03 bits per heavy atom. The molecule has 1 saturated carbocycles. The molecule has 152 valence electrons. The number of carbonyl (C=O) groups excluding carboxylic acids is 3. The number of benzene rings is 2. The molecule has 0 radical (unpaired) electrons. The van der Waals surface area contributed by atoms with E-state index in [9.17, 15) is 14.4 Å². The second kappa shape index (κ2) is 6.81. The van der Waals surface area contributed by atoms with Crippen molar-refractivity contribution in [1.29, 1.82) is 0 Å². The van der Waals surface area contributed by atoms with Gasteiger partial charge in [-0.1, -0.05) is 29.3 Å². The molecule has 2 fully saturated rings. The lowest BCUT2D eigenvalue weighted by atomic mass is 9.82. The van der Waals surface area contributed by atoms with Crippen molar-refractivity contribution in [2.45, 2.75) is 20.3 Å². The van der Waals surface area contributed by atoms with Crippen LogP contribution in [0.2, 0.25) is 5.02 Å². The van der Waals surface area contributed by atoms with Gasteiger partial charge in [-0.05, 0) is 74.1 Å². The van der Waals surface area contributed by atoms with Gasteiger partial charge in [-0.25, -0.2) is 0 Å². The Bertz CT molecular complexity index is 1120. The van der Waals surface area contributed by atoms with Crippen LogP contribution >= 0.6 is 11.6 Å². The lowest BCUT2D eigenvalue weighted by Gasteiger charge is -2.19. The fourth-order valence-electron chi connectivity index (χ4n) is 5.21. The zero-order valence-electron chi connectivity index (χ0n) is 16.7. The van der Waals surface area contributed by atoms with Gasteiger partial charge in [0.15, 0.2) is 0 Å². The number of hydrogen-bond acceptors (Lipinski definition) is 3. The van der Waals surface area contributed by atoms with Crippen LogP contribution in [0.25, 0.3) is 0 Å². The molecule has 6 heteroatoms. The first kappa shape index (κ1) is 19.1. The standard InChI is InChI=1S/C24H21ClN2O3/c1-12-3-6-16(25)11-19(12)26-22(28)14-4-7-17(8-5-14)27-23(29)20-15-9-13(2)18(10-15)21(20)24(27)30/h3-9,11,15,18,20-21H,10H2,1-2H3,(H,26,28)/t15-,18+,20+,21-/m0/s1. The van der Waals surface area contributed by atoms with Crippen LogP contribution in [-0.2, 0) is 9.59 Å². The Kier molecular flexibility index (Phi) is 4.33. The molecule has 4 atom stereocenters. The van der Waals surface area contributed by atoms with Gasteiger partial charge in [-0.15, -0.1) is 0 Å². The summed E-state index contributed by atoms with van der Waals surface area (Å²) in [5, 5.41) is 3.40. The van der Waals surface area contributed by atoms with E-state index < -0.39 is 0 Å². The fourth-order valence-corrected chi connectivity index (χ4v) is 5.39. The van der Waals surface area contributed by atoms with Gasteiger partial charge in [0.25, 0.3) is 5.91 Å². The normalized spacial score (nSPS) is 26.8. The van der Waals surface area contributed by atoms with E-state index in [1.165, 1.54) is 10.5 Å². The second-order valence-electron chi connectivity index (χ2n) is 8.44. The third-order valence-electron chi connectivity index (χ3n) is 6.72. The van der Waals surface area contributed by atoms with E-state index in [1.807, 2.05) is 13.0 Å². The Hall–Kier alpha value is -2.92. The number of imide groups is 1. The van der Waals surface area contributed by atoms with Crippen LogP contribution in [0.4, 0.5) is 11.4 Å². The van der Waals surface area contributed by atoms with Crippen LogP contribution in [0, 0.1) is 30.6 Å². The quantitative estimate of drug-likeness (QED) is 0.582. The largest absolute Gasteiger partial charge is 0.322 e. The predicted octanol–water partition coefficient (Wildman–Crippen LogP) is 4.60. The van der Waals surface area contributed by atoms with Gasteiger partial charge in [-0.3, -0.25) is 19.3 Å². The van der Waals surface area contributed by atoms with Crippen LogP contribution < -0.4 is 10.2 Å². The van der Waals surface area contributed by atoms with E-state index in [1.54, 1.807) is 36.4 Å². The molecule has 2 bridgehead atoms. The molecule has 30 heavy (non-hydrogen) atoms. The summed E-state index contributed by atoms with van der Waals surface area (Å²) in [5.74, 6) is -0.619. The minimum absolute atomic E-state index is 0.114. The maximum absolute atomic E-state index is 13.0. The van der Waals surface area contributed by atoms with E-state index >= 15 is 0 Å². The molecule has 1 aliphatic heterocycles. The van der Waals surface area contributed by atoms with Gasteiger partial charge >= 0.3 is 0 Å². The summed E-state index contributed by atoms with van der Waals surface area (Å²) in [6, 6.07) is 11.9. The van der Waals surface area contributed by atoms with Crippen molar-refractivity contribution in [3.8, 4) is 0 Å². The van der Waals surface area contributed by atoms with Crippen molar-refractivity contribution >= 4 is 40.7 Å². The molecule has 0 spiro atoms. The zero-order chi connectivity index (χ0) is 21.2. The minimum Gasteiger partial charge on any atom is -0.322 e. The van der Waals surface area contributed by atoms with Crippen LogP contribution in [0.15, 0.2) is 54.1 Å². The summed E-state index contributed by atoms with van der Waals surface area (Å²) in [6.07, 6.45) is 3.07. The highest BCUT2D eigenvalue weighted by molar-refractivity contribution is 6.31. The molecule has 3 aliphatic rings. The Morgan fingerprint density at radius 2 is 1.73 bits per heavy atom. The number of rotatable bonds is 3. The first-order valence-corrected chi connectivity index (χ1v) is 10.5. The SMILES string of the molecule is CC1=C[C@H]2C[C@H]1[C@@H]1C(=O)N(c3ccc(C(=O)Nc4cc(Cl)ccc4C)cc3)C(=O)[C@@H]12. The molecule has 5 nitrogen and oxygen atoms in total. The van der Waals surface area contributed by atoms with Gasteiger partial charge in [0.2, 0.25) is 11.8 Å². The second-order valence-corrected chi connectivity index (χ2v) is 8.88. The van der Waals surface area contributed by atoms with Gasteiger partial charge < -0.3 is 5.32 Å². The molecule has 1 heterocycles. The van der Waals surface area contributed by atoms with E-state index in [2.05, 4.69) is 18.3 Å². The number of nitrogens with one attached hydrogen (secondary N) is 1. The van der Waals surface area contributed by atoms with E-state index in [-0.39, 0.29) is 41.4 Å². The molecule has 1 saturated heterocycles. The first-order valence-electron chi connectivity index (χ1n) is 10.1. The van der Waals surface area contributed by atoms with Gasteiger partial charge in [0, 0.05) is 16.3 Å². The number of hydrogen-bond donors (Lipinski definition) is 1. The highest BCUT2D eigenvalue weighted by Crippen LogP contribution is 2.55. The van der Waals surface area contributed by atoms with Crippen LogP contribution in [0.3, 0.4) is 0 Å². The summed E-state index contributed by atoms with van der Waals surface area (Å²) in [5.41, 5.74) is 3.74. The molecule has 0 aromatic heterocycles. The number of halogens is 1. The third kappa shape index (κ3) is 2.80. The van der Waals surface area contributed by atoms with Crippen LogP contribution in [0.5, 0.6) is 0 Å². The predicted molar refractivity (Wildman–Crippen MR) is 115 cm³/mol. The summed E-state index contributed by atoms with van der Waals surface area (Å²) >= 11 is 6.02. The average molecular weight is 421 g/mol. The lowest BCUT2D eigenvalue weighted by Crippen LogP contribution is -2.33. The molecule has 1 N–H and O–H groups in total. The first-order chi connectivity index (χ1) is 14.3. The zero-order valence-corrected chi connectivity index (χ0v) is 17.4. The van der Waals surface area contributed by atoms with Gasteiger partial charge in [0.05, 0.1) is 17.5 Å². The van der Waals surface area contributed by atoms with E-state index in [0.29, 0.717) is 22.0 Å². The highest BCUT2D eigenvalue weighted by atomic mass is 35.5. The van der Waals surface area contributed by atoms with Crippen molar-refractivity contribution in [1.82, 2.24) is 0 Å². The van der Waals surface area contributed by atoms with Crippen molar-refractivity contribution in [3.05, 3.63) is 70.3 Å². The van der Waals surface area contributed by atoms with Crippen molar-refractivity contribution in [2.24, 2.45) is 23.7 Å². The van der Waals surface area contributed by atoms with E-state index in [4.69, 9.17) is 11.6 Å². The summed E-state index contributed by atoms with van der Waals surface area (Å²) in [6.45, 7) is 3.94. The lowest BCUT2D eigenvalue weighted by molar-refractivity contribution is -0.123. The van der Waals surface area contributed by atoms with Crippen molar-refractivity contribution < 1.29 is 14.4 Å².